The molecule has 1 N–H and O–H groups in total. The highest BCUT2D eigenvalue weighted by molar-refractivity contribution is 7.21. The molecule has 4 aromatic heterocycles. The molecule has 8 nitrogen and oxygen atoms in total. The van der Waals surface area contributed by atoms with Gasteiger partial charge in [-0.25, -0.2) is 14.5 Å². The van der Waals surface area contributed by atoms with Crippen LogP contribution in [-0.4, -0.2) is 75.4 Å². The molecule has 0 saturated carbocycles. The standard InChI is InChI=1S/C23H31N7OS/c1-14(2)18-19(17-10-15(3)21-24-13-25-30(21)12-17)26-22-20(18)27-23(32-22)29-7-6-28(8-9-31-5)11-16(29)4/h10,12-14,16,26H,6-9,11H2,1-5H3. The van der Waals surface area contributed by atoms with E-state index in [1.165, 1.54) is 5.56 Å². The predicted molar refractivity (Wildman–Crippen MR) is 130 cm³/mol. The topological polar surface area (TPSA) is 74.6 Å². The van der Waals surface area contributed by atoms with E-state index in [1.54, 1.807) is 24.8 Å². The molecule has 1 aliphatic heterocycles. The van der Waals surface area contributed by atoms with E-state index in [4.69, 9.17) is 9.72 Å². The van der Waals surface area contributed by atoms with E-state index in [1.807, 2.05) is 4.52 Å². The van der Waals surface area contributed by atoms with Gasteiger partial charge in [0.15, 0.2) is 10.8 Å². The second-order valence-corrected chi connectivity index (χ2v) is 10.00. The van der Waals surface area contributed by atoms with Crippen LogP contribution in [0, 0.1) is 6.92 Å². The molecule has 0 aromatic carbocycles. The zero-order valence-electron chi connectivity index (χ0n) is 19.4. The molecule has 4 aromatic rings. The van der Waals surface area contributed by atoms with Crippen molar-refractivity contribution in [1.29, 1.82) is 0 Å². The number of ether oxygens (including phenoxy) is 1. The monoisotopic (exact) mass is 453 g/mol. The minimum Gasteiger partial charge on any atom is -0.383 e. The summed E-state index contributed by atoms with van der Waals surface area (Å²) < 4.78 is 7.11. The molecule has 1 atom stereocenters. The quantitative estimate of drug-likeness (QED) is 0.477. The van der Waals surface area contributed by atoms with Gasteiger partial charge in [-0.3, -0.25) is 4.90 Å². The van der Waals surface area contributed by atoms with Gasteiger partial charge in [0.25, 0.3) is 0 Å². The number of piperazine rings is 1. The van der Waals surface area contributed by atoms with Crippen molar-refractivity contribution in [3.05, 3.63) is 29.7 Å². The van der Waals surface area contributed by atoms with E-state index in [0.717, 1.165) is 70.7 Å². The fourth-order valence-corrected chi connectivity index (χ4v) is 5.87. The van der Waals surface area contributed by atoms with Crippen molar-refractivity contribution in [3.8, 4) is 11.3 Å². The van der Waals surface area contributed by atoms with Crippen LogP contribution >= 0.6 is 11.3 Å². The van der Waals surface area contributed by atoms with Crippen molar-refractivity contribution >= 4 is 32.5 Å². The lowest BCUT2D eigenvalue weighted by atomic mass is 9.99. The fourth-order valence-electron chi connectivity index (χ4n) is 4.76. The van der Waals surface area contributed by atoms with Gasteiger partial charge in [0.05, 0.1) is 12.3 Å². The van der Waals surface area contributed by atoms with Crippen LogP contribution in [0.4, 0.5) is 5.13 Å². The zero-order valence-corrected chi connectivity index (χ0v) is 20.2. The molecular weight excluding hydrogens is 422 g/mol. The molecule has 0 spiro atoms. The third-order valence-electron chi connectivity index (χ3n) is 6.37. The van der Waals surface area contributed by atoms with Crippen LogP contribution < -0.4 is 4.90 Å². The molecule has 1 fully saturated rings. The molecule has 0 bridgehead atoms. The van der Waals surface area contributed by atoms with Crippen molar-refractivity contribution in [3.63, 3.8) is 0 Å². The van der Waals surface area contributed by atoms with Crippen molar-refractivity contribution in [2.45, 2.75) is 39.7 Å². The second-order valence-electron chi connectivity index (χ2n) is 9.02. The van der Waals surface area contributed by atoms with Crippen LogP contribution in [0.2, 0.25) is 0 Å². The Bertz CT molecular complexity index is 1240. The number of aromatic nitrogens is 5. The maximum absolute atomic E-state index is 5.25. The largest absolute Gasteiger partial charge is 0.383 e. The minimum absolute atomic E-state index is 0.351. The fraction of sp³-hybridized carbons (Fsp3) is 0.522. The number of thiazole rings is 1. The number of nitrogens with one attached hydrogen (secondary N) is 1. The summed E-state index contributed by atoms with van der Waals surface area (Å²) in [5.41, 5.74) is 6.64. The third kappa shape index (κ3) is 3.68. The Morgan fingerprint density at radius 1 is 1.31 bits per heavy atom. The molecule has 170 valence electrons. The summed E-state index contributed by atoms with van der Waals surface area (Å²) in [7, 11) is 1.77. The maximum atomic E-state index is 5.25. The Morgan fingerprint density at radius 3 is 2.91 bits per heavy atom. The number of pyridine rings is 1. The molecule has 32 heavy (non-hydrogen) atoms. The molecule has 9 heteroatoms. The van der Waals surface area contributed by atoms with Crippen molar-refractivity contribution in [1.82, 2.24) is 29.5 Å². The van der Waals surface area contributed by atoms with Gasteiger partial charge < -0.3 is 14.6 Å². The van der Waals surface area contributed by atoms with Gasteiger partial charge in [0.1, 0.15) is 16.7 Å². The van der Waals surface area contributed by atoms with E-state index < -0.39 is 0 Å². The summed E-state index contributed by atoms with van der Waals surface area (Å²) in [4.78, 5) is 19.3. The first-order valence-corrected chi connectivity index (χ1v) is 12.1. The zero-order chi connectivity index (χ0) is 22.4. The predicted octanol–water partition coefficient (Wildman–Crippen LogP) is 3.92. The Balaban J connectivity index is 1.49. The minimum atomic E-state index is 0.351. The highest BCUT2D eigenvalue weighted by Crippen LogP contribution is 2.40. The molecule has 5 heterocycles. The highest BCUT2D eigenvalue weighted by Gasteiger charge is 2.28. The van der Waals surface area contributed by atoms with E-state index in [9.17, 15) is 0 Å². The number of aryl methyl sites for hydroxylation is 1. The molecule has 1 saturated heterocycles. The van der Waals surface area contributed by atoms with Gasteiger partial charge in [-0.1, -0.05) is 25.2 Å². The summed E-state index contributed by atoms with van der Waals surface area (Å²) in [6, 6.07) is 2.61. The Kier molecular flexibility index (Phi) is 5.65. The lowest BCUT2D eigenvalue weighted by molar-refractivity contribution is 0.136. The van der Waals surface area contributed by atoms with E-state index in [-0.39, 0.29) is 0 Å². The number of fused-ring (bicyclic) bond motifs is 2. The van der Waals surface area contributed by atoms with Crippen LogP contribution in [0.25, 0.3) is 27.3 Å². The highest BCUT2D eigenvalue weighted by atomic mass is 32.1. The average Bonchev–Trinajstić information content (AvgIpc) is 3.46. The Labute approximate surface area is 192 Å². The first kappa shape index (κ1) is 21.4. The first-order valence-electron chi connectivity index (χ1n) is 11.3. The van der Waals surface area contributed by atoms with E-state index in [2.05, 4.69) is 64.8 Å². The van der Waals surface area contributed by atoms with Crippen molar-refractivity contribution < 1.29 is 4.74 Å². The van der Waals surface area contributed by atoms with Gasteiger partial charge in [-0.2, -0.15) is 5.10 Å². The SMILES string of the molecule is COCCN1CCN(c2nc3c(C(C)C)c(-c4cc(C)c5ncnn5c4)[nH]c3s2)C(C)C1. The molecule has 1 unspecified atom stereocenters. The van der Waals surface area contributed by atoms with Gasteiger partial charge in [0.2, 0.25) is 0 Å². The molecule has 5 rings (SSSR count). The van der Waals surface area contributed by atoms with Gasteiger partial charge in [0, 0.05) is 56.7 Å². The maximum Gasteiger partial charge on any atom is 0.188 e. The Hall–Kier alpha value is -2.49. The number of H-pyrrole nitrogens is 1. The van der Waals surface area contributed by atoms with Crippen LogP contribution in [0.15, 0.2) is 18.6 Å². The van der Waals surface area contributed by atoms with Gasteiger partial charge in [-0.15, -0.1) is 0 Å². The van der Waals surface area contributed by atoms with Crippen molar-refractivity contribution in [2.75, 3.05) is 44.8 Å². The number of nitrogens with zero attached hydrogens (tertiary/aromatic N) is 6. The molecule has 0 aliphatic carbocycles. The number of aromatic amines is 1. The summed E-state index contributed by atoms with van der Waals surface area (Å²) in [5, 5.41) is 5.46. The molecular formula is C23H31N7OS. The summed E-state index contributed by atoms with van der Waals surface area (Å²) in [6.07, 6.45) is 3.66. The second kappa shape index (κ2) is 8.46. The number of hydrogen-bond acceptors (Lipinski definition) is 7. The average molecular weight is 454 g/mol. The number of hydrogen-bond donors (Lipinski definition) is 1. The van der Waals surface area contributed by atoms with Gasteiger partial charge in [-0.05, 0) is 31.4 Å². The van der Waals surface area contributed by atoms with E-state index >= 15 is 0 Å². The van der Waals surface area contributed by atoms with Crippen LogP contribution in [-0.2, 0) is 4.74 Å². The van der Waals surface area contributed by atoms with Gasteiger partial charge >= 0.3 is 0 Å². The lowest BCUT2D eigenvalue weighted by Crippen LogP contribution is -2.52. The van der Waals surface area contributed by atoms with Crippen LogP contribution in [0.5, 0.6) is 0 Å². The molecule has 0 amide bonds. The summed E-state index contributed by atoms with van der Waals surface area (Å²) in [6.45, 7) is 13.7. The van der Waals surface area contributed by atoms with E-state index in [0.29, 0.717) is 12.0 Å². The Morgan fingerprint density at radius 2 is 2.16 bits per heavy atom. The van der Waals surface area contributed by atoms with Crippen molar-refractivity contribution in [2.24, 2.45) is 0 Å². The number of rotatable bonds is 6. The van der Waals surface area contributed by atoms with Crippen LogP contribution in [0.1, 0.15) is 37.8 Å². The molecule has 1 aliphatic rings. The normalized spacial score (nSPS) is 17.9. The number of methoxy groups -OCH3 is 1. The molecule has 0 radical (unpaired) electrons. The summed E-state index contributed by atoms with van der Waals surface area (Å²) >= 11 is 1.76. The lowest BCUT2D eigenvalue weighted by Gasteiger charge is -2.39. The smallest absolute Gasteiger partial charge is 0.188 e. The summed E-state index contributed by atoms with van der Waals surface area (Å²) in [5.74, 6) is 0.351. The first-order chi connectivity index (χ1) is 15.5. The third-order valence-corrected chi connectivity index (χ3v) is 7.38. The van der Waals surface area contributed by atoms with Crippen LogP contribution in [0.3, 0.4) is 0 Å². The number of anilines is 1.